The number of hydrogen-bond donors (Lipinski definition) is 3. The van der Waals surface area contributed by atoms with Crippen molar-refractivity contribution in [3.8, 4) is 0 Å². The molecule has 0 spiro atoms. The Bertz CT molecular complexity index is 1060. The smallest absolute Gasteiger partial charge is 0.244 e. The molecule has 29 heavy (non-hydrogen) atoms. The van der Waals surface area contributed by atoms with Crippen LogP contribution in [0.1, 0.15) is 22.9 Å². The van der Waals surface area contributed by atoms with E-state index in [0.717, 1.165) is 10.0 Å². The second-order valence-corrected chi connectivity index (χ2v) is 9.11. The molecular formula is C21H22BrN3O3S. The first-order valence-electron chi connectivity index (χ1n) is 9.03. The molecule has 1 heterocycles. The Labute approximate surface area is 179 Å². The van der Waals surface area contributed by atoms with Gasteiger partial charge < -0.3 is 5.11 Å². The zero-order chi connectivity index (χ0) is 20.9. The molecule has 0 fully saturated rings. The van der Waals surface area contributed by atoms with Crippen LogP contribution in [0.2, 0.25) is 0 Å². The molecule has 0 bridgehead atoms. The van der Waals surface area contributed by atoms with Crippen LogP contribution >= 0.6 is 15.9 Å². The number of nitrogens with zero attached hydrogens (tertiary/aromatic N) is 1. The van der Waals surface area contributed by atoms with E-state index in [1.54, 1.807) is 37.4 Å². The highest BCUT2D eigenvalue weighted by atomic mass is 79.9. The summed E-state index contributed by atoms with van der Waals surface area (Å²) in [5, 5.41) is 13.4. The van der Waals surface area contributed by atoms with Gasteiger partial charge in [0.05, 0.1) is 16.6 Å². The van der Waals surface area contributed by atoms with Crippen LogP contribution in [-0.2, 0) is 16.4 Å². The van der Waals surface area contributed by atoms with Crippen molar-refractivity contribution in [2.75, 3.05) is 0 Å². The van der Waals surface area contributed by atoms with Gasteiger partial charge in [-0.25, -0.2) is 8.42 Å². The van der Waals surface area contributed by atoms with Crippen molar-refractivity contribution < 1.29 is 13.5 Å². The summed E-state index contributed by atoms with van der Waals surface area (Å²) in [7, 11) is -3.90. The minimum atomic E-state index is -3.90. The number of nitrogens with one attached hydrogen (secondary N) is 2. The Morgan fingerprint density at radius 1 is 1.03 bits per heavy atom. The highest BCUT2D eigenvalue weighted by Gasteiger charge is 2.24. The molecule has 6 nitrogen and oxygen atoms in total. The molecule has 1 aromatic heterocycles. The molecule has 0 aliphatic heterocycles. The van der Waals surface area contributed by atoms with Crippen LogP contribution < -0.4 is 10.0 Å². The Hall–Kier alpha value is -2.10. The van der Waals surface area contributed by atoms with Crippen molar-refractivity contribution in [3.05, 3.63) is 94.2 Å². The molecule has 0 saturated carbocycles. The zero-order valence-electron chi connectivity index (χ0n) is 15.8. The van der Waals surface area contributed by atoms with Crippen LogP contribution in [0.15, 0.2) is 82.3 Å². The predicted molar refractivity (Wildman–Crippen MR) is 115 cm³/mol. The van der Waals surface area contributed by atoms with Crippen molar-refractivity contribution >= 4 is 26.0 Å². The van der Waals surface area contributed by atoms with Crippen LogP contribution in [0.5, 0.6) is 0 Å². The van der Waals surface area contributed by atoms with Gasteiger partial charge >= 0.3 is 0 Å². The normalized spacial score (nSPS) is 13.8. The van der Waals surface area contributed by atoms with E-state index in [4.69, 9.17) is 0 Å². The minimum Gasteiger partial charge on any atom is -0.365 e. The van der Waals surface area contributed by atoms with E-state index in [0.29, 0.717) is 17.7 Å². The third kappa shape index (κ3) is 5.71. The Morgan fingerprint density at radius 3 is 2.41 bits per heavy atom. The lowest BCUT2D eigenvalue weighted by atomic mass is 10.0. The molecule has 3 rings (SSSR count). The quantitative estimate of drug-likeness (QED) is 0.434. The van der Waals surface area contributed by atoms with Gasteiger partial charge in [0.25, 0.3) is 0 Å². The van der Waals surface area contributed by atoms with Crippen molar-refractivity contribution in [2.45, 2.75) is 30.6 Å². The first-order chi connectivity index (χ1) is 13.9. The van der Waals surface area contributed by atoms with E-state index in [9.17, 15) is 13.5 Å². The lowest BCUT2D eigenvalue weighted by molar-refractivity contribution is 0.110. The summed E-state index contributed by atoms with van der Waals surface area (Å²) in [6.45, 7) is 1.71. The standard InChI is InChI=1S/C21H22BrN3O3S/c1-15-8-5-6-12-19(15)29(27,28)25-21(26)24-18(14-16-9-3-2-4-10-16)20-17(22)11-7-13-23-20/h2-13,18,21,24-26H,14H2,1H3/t18-,21?/m1/s1. The fraction of sp³-hybridized carbons (Fsp3) is 0.190. The number of pyridine rings is 1. The Balaban J connectivity index is 1.82. The maximum Gasteiger partial charge on any atom is 0.244 e. The van der Waals surface area contributed by atoms with Gasteiger partial charge in [0.15, 0.2) is 6.35 Å². The largest absolute Gasteiger partial charge is 0.365 e. The Morgan fingerprint density at radius 2 is 1.72 bits per heavy atom. The van der Waals surface area contributed by atoms with Crippen LogP contribution in [0.25, 0.3) is 0 Å². The summed E-state index contributed by atoms with van der Waals surface area (Å²) in [4.78, 5) is 4.52. The molecule has 0 aliphatic rings. The van der Waals surface area contributed by atoms with Gasteiger partial charge in [0.2, 0.25) is 10.0 Å². The van der Waals surface area contributed by atoms with Crippen molar-refractivity contribution in [3.63, 3.8) is 0 Å². The molecule has 0 radical (unpaired) electrons. The molecule has 8 heteroatoms. The van der Waals surface area contributed by atoms with Gasteiger partial charge in [0, 0.05) is 10.7 Å². The van der Waals surface area contributed by atoms with Gasteiger partial charge in [-0.2, -0.15) is 4.72 Å². The molecule has 2 aromatic carbocycles. The van der Waals surface area contributed by atoms with E-state index in [-0.39, 0.29) is 4.90 Å². The molecule has 0 aliphatic carbocycles. The zero-order valence-corrected chi connectivity index (χ0v) is 18.2. The Kier molecular flexibility index (Phi) is 7.15. The summed E-state index contributed by atoms with van der Waals surface area (Å²) >= 11 is 3.49. The SMILES string of the molecule is Cc1ccccc1S(=O)(=O)NC(O)N[C@H](Cc1ccccc1)c1ncccc1Br. The number of halogens is 1. The number of rotatable bonds is 8. The number of aliphatic hydroxyl groups is 1. The second kappa shape index (κ2) is 9.60. The van der Waals surface area contributed by atoms with Crippen LogP contribution in [0, 0.1) is 6.92 Å². The molecule has 152 valence electrons. The summed E-state index contributed by atoms with van der Waals surface area (Å²) in [5.41, 5.74) is 2.29. The first kappa shape index (κ1) is 21.6. The van der Waals surface area contributed by atoms with Gasteiger partial charge in [-0.3, -0.25) is 10.3 Å². The molecule has 0 saturated heterocycles. The number of sulfonamides is 1. The van der Waals surface area contributed by atoms with Crippen molar-refractivity contribution in [2.24, 2.45) is 0 Å². The minimum absolute atomic E-state index is 0.125. The lowest BCUT2D eigenvalue weighted by Gasteiger charge is -2.24. The van der Waals surface area contributed by atoms with Crippen molar-refractivity contribution in [1.82, 2.24) is 15.0 Å². The first-order valence-corrected chi connectivity index (χ1v) is 11.3. The average Bonchev–Trinajstić information content (AvgIpc) is 2.68. The maximum absolute atomic E-state index is 12.7. The van der Waals surface area contributed by atoms with E-state index in [1.807, 2.05) is 36.4 Å². The second-order valence-electron chi connectivity index (χ2n) is 6.57. The molecule has 0 amide bonds. The number of hydrogen-bond acceptors (Lipinski definition) is 5. The van der Waals surface area contributed by atoms with Gasteiger partial charge in [-0.1, -0.05) is 48.5 Å². The maximum atomic E-state index is 12.7. The van der Waals surface area contributed by atoms with Gasteiger partial charge in [0.1, 0.15) is 0 Å². The fourth-order valence-corrected chi connectivity index (χ4v) is 4.80. The van der Waals surface area contributed by atoms with Crippen LogP contribution in [-0.4, -0.2) is 24.9 Å². The van der Waals surface area contributed by atoms with E-state index >= 15 is 0 Å². The molecule has 3 N–H and O–H groups in total. The highest BCUT2D eigenvalue weighted by molar-refractivity contribution is 9.10. The number of aryl methyl sites for hydroxylation is 1. The number of aromatic nitrogens is 1. The number of benzene rings is 2. The number of aliphatic hydroxyl groups excluding tert-OH is 1. The molecule has 1 unspecified atom stereocenters. The predicted octanol–water partition coefficient (Wildman–Crippen LogP) is 3.28. The van der Waals surface area contributed by atoms with E-state index in [2.05, 4.69) is 31.0 Å². The monoisotopic (exact) mass is 475 g/mol. The summed E-state index contributed by atoms with van der Waals surface area (Å²) < 4.78 is 28.4. The lowest BCUT2D eigenvalue weighted by Crippen LogP contribution is -2.47. The average molecular weight is 476 g/mol. The van der Waals surface area contributed by atoms with E-state index < -0.39 is 22.4 Å². The topological polar surface area (TPSA) is 91.3 Å². The summed E-state index contributed by atoms with van der Waals surface area (Å²) in [6.07, 6.45) is 0.672. The highest BCUT2D eigenvalue weighted by Crippen LogP contribution is 2.24. The summed E-state index contributed by atoms with van der Waals surface area (Å²) in [5.74, 6) is 0. The van der Waals surface area contributed by atoms with E-state index in [1.165, 1.54) is 6.07 Å². The van der Waals surface area contributed by atoms with Crippen molar-refractivity contribution in [1.29, 1.82) is 0 Å². The van der Waals surface area contributed by atoms with Gasteiger partial charge in [-0.05, 0) is 58.6 Å². The fourth-order valence-electron chi connectivity index (χ4n) is 3.03. The third-order valence-electron chi connectivity index (χ3n) is 4.41. The molecular weight excluding hydrogens is 454 g/mol. The molecule has 3 aromatic rings. The molecule has 2 atom stereocenters. The van der Waals surface area contributed by atoms with Gasteiger partial charge in [-0.15, -0.1) is 0 Å². The third-order valence-corrected chi connectivity index (χ3v) is 6.65. The van der Waals surface area contributed by atoms with Crippen LogP contribution in [0.3, 0.4) is 0 Å². The summed E-state index contributed by atoms with van der Waals surface area (Å²) in [6, 6.07) is 19.5. The van der Waals surface area contributed by atoms with Crippen LogP contribution in [0.4, 0.5) is 0 Å².